The molecule has 0 bridgehead atoms. The lowest BCUT2D eigenvalue weighted by Gasteiger charge is -2.31. The van der Waals surface area contributed by atoms with Crippen molar-refractivity contribution in [3.8, 4) is 11.1 Å². The van der Waals surface area contributed by atoms with Crippen LogP contribution in [0.3, 0.4) is 0 Å². The zero-order valence-electron chi connectivity index (χ0n) is 18.7. The molecule has 174 valence electrons. The molecule has 4 rings (SSSR count). The van der Waals surface area contributed by atoms with Gasteiger partial charge in [-0.15, -0.1) is 0 Å². The smallest absolute Gasteiger partial charge is 0.337 e. The summed E-state index contributed by atoms with van der Waals surface area (Å²) in [6.45, 7) is 2.63. The zero-order valence-corrected chi connectivity index (χ0v) is 19.6. The van der Waals surface area contributed by atoms with Gasteiger partial charge < -0.3 is 19.7 Å². The van der Waals surface area contributed by atoms with Crippen molar-refractivity contribution in [2.75, 3.05) is 43.6 Å². The average molecular weight is 476 g/mol. The molecule has 1 amide bonds. The standard InChI is InChI=1S/C26H25N3O4S/c1-32-25(31)21-11-12-23(29-13-15-33-16-14-29)22(17-21)27-26(34)28-24(30)20-9-7-19(8-10-20)18-5-3-2-4-6-18/h2-12,17H,13-16H2,1H3,(H2,27,28,30,34). The maximum Gasteiger partial charge on any atom is 0.337 e. The second kappa shape index (κ2) is 10.9. The van der Waals surface area contributed by atoms with Crippen LogP contribution >= 0.6 is 12.2 Å². The number of esters is 1. The predicted octanol–water partition coefficient (Wildman–Crippen LogP) is 4.10. The highest BCUT2D eigenvalue weighted by molar-refractivity contribution is 7.80. The quantitative estimate of drug-likeness (QED) is 0.425. The van der Waals surface area contributed by atoms with Crippen molar-refractivity contribution < 1.29 is 19.1 Å². The number of carbonyl (C=O) groups is 2. The Labute approximate surface area is 203 Å². The Morgan fingerprint density at radius 3 is 2.24 bits per heavy atom. The molecule has 34 heavy (non-hydrogen) atoms. The van der Waals surface area contributed by atoms with Crippen LogP contribution in [0.2, 0.25) is 0 Å². The van der Waals surface area contributed by atoms with Crippen LogP contribution in [0.25, 0.3) is 11.1 Å². The monoisotopic (exact) mass is 475 g/mol. The van der Waals surface area contributed by atoms with Crippen LogP contribution in [0.5, 0.6) is 0 Å². The minimum Gasteiger partial charge on any atom is -0.465 e. The van der Waals surface area contributed by atoms with Gasteiger partial charge >= 0.3 is 5.97 Å². The number of nitrogens with zero attached hydrogens (tertiary/aromatic N) is 1. The molecule has 0 unspecified atom stereocenters. The van der Waals surface area contributed by atoms with Crippen molar-refractivity contribution in [2.45, 2.75) is 0 Å². The Hall–Kier alpha value is -3.75. The number of amides is 1. The van der Waals surface area contributed by atoms with Crippen LogP contribution in [0.15, 0.2) is 72.8 Å². The molecule has 7 nitrogen and oxygen atoms in total. The summed E-state index contributed by atoms with van der Waals surface area (Å²) < 4.78 is 10.3. The molecule has 1 aliphatic heterocycles. The van der Waals surface area contributed by atoms with E-state index in [-0.39, 0.29) is 11.0 Å². The summed E-state index contributed by atoms with van der Waals surface area (Å²) in [4.78, 5) is 26.9. The van der Waals surface area contributed by atoms with Gasteiger partial charge in [0, 0.05) is 18.7 Å². The summed E-state index contributed by atoms with van der Waals surface area (Å²) in [7, 11) is 1.33. The molecule has 1 heterocycles. The number of ether oxygens (including phenoxy) is 2. The van der Waals surface area contributed by atoms with E-state index in [2.05, 4.69) is 15.5 Å². The van der Waals surface area contributed by atoms with Crippen molar-refractivity contribution in [1.82, 2.24) is 5.32 Å². The number of rotatable bonds is 5. The van der Waals surface area contributed by atoms with E-state index < -0.39 is 5.97 Å². The third kappa shape index (κ3) is 5.59. The maximum atomic E-state index is 12.8. The molecule has 8 heteroatoms. The summed E-state index contributed by atoms with van der Waals surface area (Å²) >= 11 is 5.41. The highest BCUT2D eigenvalue weighted by Crippen LogP contribution is 2.28. The molecular weight excluding hydrogens is 450 g/mol. The fourth-order valence-corrected chi connectivity index (χ4v) is 3.94. The molecule has 0 aromatic heterocycles. The molecular formula is C26H25N3O4S. The topological polar surface area (TPSA) is 79.9 Å². The Balaban J connectivity index is 1.48. The van der Waals surface area contributed by atoms with Crippen molar-refractivity contribution in [2.24, 2.45) is 0 Å². The van der Waals surface area contributed by atoms with Crippen molar-refractivity contribution >= 4 is 40.6 Å². The Kier molecular flexibility index (Phi) is 7.51. The van der Waals surface area contributed by atoms with Gasteiger partial charge in [0.2, 0.25) is 0 Å². The highest BCUT2D eigenvalue weighted by Gasteiger charge is 2.18. The first kappa shape index (κ1) is 23.4. The lowest BCUT2D eigenvalue weighted by atomic mass is 10.0. The van der Waals surface area contributed by atoms with Crippen LogP contribution in [0.1, 0.15) is 20.7 Å². The molecule has 1 saturated heterocycles. The molecule has 3 aromatic rings. The van der Waals surface area contributed by atoms with E-state index in [1.807, 2.05) is 48.5 Å². The van der Waals surface area contributed by atoms with Gasteiger partial charge in [-0.3, -0.25) is 10.1 Å². The van der Waals surface area contributed by atoms with Crippen LogP contribution in [-0.2, 0) is 9.47 Å². The molecule has 0 atom stereocenters. The van der Waals surface area contributed by atoms with Gasteiger partial charge in [-0.25, -0.2) is 4.79 Å². The van der Waals surface area contributed by atoms with Crippen LogP contribution in [-0.4, -0.2) is 50.4 Å². The average Bonchev–Trinajstić information content (AvgIpc) is 2.89. The van der Waals surface area contributed by atoms with E-state index in [1.165, 1.54) is 7.11 Å². The molecule has 1 fully saturated rings. The van der Waals surface area contributed by atoms with Gasteiger partial charge in [0.25, 0.3) is 5.91 Å². The van der Waals surface area contributed by atoms with E-state index in [9.17, 15) is 9.59 Å². The van der Waals surface area contributed by atoms with E-state index in [4.69, 9.17) is 21.7 Å². The normalized spacial score (nSPS) is 13.1. The van der Waals surface area contributed by atoms with Gasteiger partial charge in [-0.2, -0.15) is 0 Å². The van der Waals surface area contributed by atoms with Gasteiger partial charge in [-0.05, 0) is 53.7 Å². The van der Waals surface area contributed by atoms with E-state index in [0.29, 0.717) is 43.1 Å². The van der Waals surface area contributed by atoms with E-state index >= 15 is 0 Å². The fraction of sp³-hybridized carbons (Fsp3) is 0.192. The first-order valence-electron chi connectivity index (χ1n) is 10.9. The third-order valence-corrected chi connectivity index (χ3v) is 5.70. The molecule has 0 saturated carbocycles. The fourth-order valence-electron chi connectivity index (χ4n) is 3.73. The number of benzene rings is 3. The number of morpholine rings is 1. The maximum absolute atomic E-state index is 12.8. The summed E-state index contributed by atoms with van der Waals surface area (Å²) in [6, 6.07) is 22.5. The van der Waals surface area contributed by atoms with Crippen molar-refractivity contribution in [3.63, 3.8) is 0 Å². The Bertz CT molecular complexity index is 1180. The van der Waals surface area contributed by atoms with Crippen LogP contribution in [0.4, 0.5) is 11.4 Å². The number of thiocarbonyl (C=S) groups is 1. The number of anilines is 2. The Morgan fingerprint density at radius 2 is 1.56 bits per heavy atom. The molecule has 0 radical (unpaired) electrons. The van der Waals surface area contributed by atoms with Gasteiger partial charge in [0.15, 0.2) is 5.11 Å². The second-order valence-electron chi connectivity index (χ2n) is 7.67. The highest BCUT2D eigenvalue weighted by atomic mass is 32.1. The molecule has 3 aromatic carbocycles. The number of hydrogen-bond acceptors (Lipinski definition) is 6. The number of nitrogens with one attached hydrogen (secondary N) is 2. The van der Waals surface area contributed by atoms with Crippen molar-refractivity contribution in [1.29, 1.82) is 0 Å². The number of carbonyl (C=O) groups excluding carboxylic acids is 2. The summed E-state index contributed by atoms with van der Waals surface area (Å²) in [5.41, 5.74) is 4.43. The lowest BCUT2D eigenvalue weighted by Crippen LogP contribution is -2.38. The van der Waals surface area contributed by atoms with Crippen LogP contribution < -0.4 is 15.5 Å². The van der Waals surface area contributed by atoms with Crippen molar-refractivity contribution in [3.05, 3.63) is 83.9 Å². The molecule has 0 aliphatic carbocycles. The molecule has 1 aliphatic rings. The lowest BCUT2D eigenvalue weighted by molar-refractivity contribution is 0.0600. The second-order valence-corrected chi connectivity index (χ2v) is 8.08. The van der Waals surface area contributed by atoms with E-state index in [0.717, 1.165) is 16.8 Å². The molecule has 2 N–H and O–H groups in total. The van der Waals surface area contributed by atoms with Gasteiger partial charge in [0.05, 0.1) is 37.3 Å². The minimum atomic E-state index is -0.454. The summed E-state index contributed by atoms with van der Waals surface area (Å²) in [6.07, 6.45) is 0. The number of methoxy groups -OCH3 is 1. The first-order chi connectivity index (χ1) is 16.5. The third-order valence-electron chi connectivity index (χ3n) is 5.50. The van der Waals surface area contributed by atoms with Gasteiger partial charge in [0.1, 0.15) is 0 Å². The summed E-state index contributed by atoms with van der Waals surface area (Å²) in [5.74, 6) is -0.779. The predicted molar refractivity (Wildman–Crippen MR) is 136 cm³/mol. The van der Waals surface area contributed by atoms with E-state index in [1.54, 1.807) is 24.3 Å². The zero-order chi connectivity index (χ0) is 23.9. The SMILES string of the molecule is COC(=O)c1ccc(N2CCOCC2)c(NC(=S)NC(=O)c2ccc(-c3ccccc3)cc2)c1. The minimum absolute atomic E-state index is 0.133. The first-order valence-corrected chi connectivity index (χ1v) is 11.3. The number of hydrogen-bond donors (Lipinski definition) is 2. The van der Waals surface area contributed by atoms with Gasteiger partial charge in [-0.1, -0.05) is 42.5 Å². The molecule has 0 spiro atoms. The largest absolute Gasteiger partial charge is 0.465 e. The summed E-state index contributed by atoms with van der Waals surface area (Å²) in [5, 5.41) is 5.93. The Morgan fingerprint density at radius 1 is 0.912 bits per heavy atom. The van der Waals surface area contributed by atoms with Crippen LogP contribution in [0, 0.1) is 0 Å².